The topological polar surface area (TPSA) is 90.4 Å². The zero-order valence-corrected chi connectivity index (χ0v) is 20.1. The molecule has 8 nitrogen and oxygen atoms in total. The molecule has 3 N–H and O–H groups in total. The molecular formula is C20H28F3IN8. The lowest BCUT2D eigenvalue weighted by Crippen LogP contribution is -2.49. The Morgan fingerprint density at radius 2 is 1.91 bits per heavy atom. The fourth-order valence-corrected chi connectivity index (χ4v) is 3.30. The van der Waals surface area contributed by atoms with Crippen molar-refractivity contribution in [3.63, 3.8) is 0 Å². The predicted octanol–water partition coefficient (Wildman–Crippen LogP) is 2.75. The van der Waals surface area contributed by atoms with Gasteiger partial charge in [0.15, 0.2) is 5.96 Å². The minimum absolute atomic E-state index is 0. The zero-order chi connectivity index (χ0) is 22.1. The van der Waals surface area contributed by atoms with Crippen LogP contribution in [0.5, 0.6) is 0 Å². The highest BCUT2D eigenvalue weighted by atomic mass is 127. The first kappa shape index (κ1) is 26.0. The molecule has 2 aromatic rings. The number of guanidine groups is 1. The van der Waals surface area contributed by atoms with Crippen molar-refractivity contribution < 1.29 is 13.2 Å². The van der Waals surface area contributed by atoms with Gasteiger partial charge in [0, 0.05) is 58.2 Å². The van der Waals surface area contributed by atoms with Crippen molar-refractivity contribution in [1.29, 1.82) is 0 Å². The Kier molecular flexibility index (Phi) is 10.4. The molecule has 1 fully saturated rings. The maximum absolute atomic E-state index is 12.7. The molecule has 12 heteroatoms. The van der Waals surface area contributed by atoms with Gasteiger partial charge in [0.1, 0.15) is 5.69 Å². The number of pyridine rings is 1. The third kappa shape index (κ3) is 8.37. The summed E-state index contributed by atoms with van der Waals surface area (Å²) in [5, 5.41) is 9.35. The Morgan fingerprint density at radius 3 is 2.56 bits per heavy atom. The molecule has 0 bridgehead atoms. The van der Waals surface area contributed by atoms with Crippen LogP contribution in [-0.2, 0) is 12.7 Å². The first-order valence-corrected chi connectivity index (χ1v) is 10.2. The van der Waals surface area contributed by atoms with E-state index in [2.05, 4.69) is 40.8 Å². The lowest BCUT2D eigenvalue weighted by atomic mass is 10.1. The van der Waals surface area contributed by atoms with E-state index in [0.717, 1.165) is 50.4 Å². The molecule has 2 aromatic heterocycles. The zero-order valence-electron chi connectivity index (χ0n) is 17.8. The largest absolute Gasteiger partial charge is 0.433 e. The second kappa shape index (κ2) is 12.7. The Labute approximate surface area is 202 Å². The number of anilines is 1. The Hall–Kier alpha value is -2.22. The molecule has 0 atom stereocenters. The summed E-state index contributed by atoms with van der Waals surface area (Å²) in [6.07, 6.45) is 0.393. The van der Waals surface area contributed by atoms with Crippen LogP contribution in [0.3, 0.4) is 0 Å². The maximum Gasteiger partial charge on any atom is 0.433 e. The summed E-state index contributed by atoms with van der Waals surface area (Å²) in [5.41, 5.74) is 0.105. The second-order valence-corrected chi connectivity index (χ2v) is 7.20. The van der Waals surface area contributed by atoms with Gasteiger partial charge in [-0.2, -0.15) is 13.2 Å². The van der Waals surface area contributed by atoms with Crippen LogP contribution in [0.25, 0.3) is 0 Å². The SMILES string of the molecule is CN=C(NCCNc1nccc(C(F)(F)F)n1)NC1CCN(Cc2ccccn2)CC1.I. The minimum atomic E-state index is -4.49. The molecule has 1 aliphatic rings. The summed E-state index contributed by atoms with van der Waals surface area (Å²) in [6, 6.07) is 7.11. The van der Waals surface area contributed by atoms with Gasteiger partial charge in [0.2, 0.25) is 5.95 Å². The Morgan fingerprint density at radius 1 is 1.12 bits per heavy atom. The molecular weight excluding hydrogens is 536 g/mol. The van der Waals surface area contributed by atoms with E-state index in [4.69, 9.17) is 0 Å². The van der Waals surface area contributed by atoms with Gasteiger partial charge in [-0.25, -0.2) is 9.97 Å². The van der Waals surface area contributed by atoms with Crippen molar-refractivity contribution in [2.24, 2.45) is 4.99 Å². The maximum atomic E-state index is 12.7. The molecule has 0 radical (unpaired) electrons. The van der Waals surface area contributed by atoms with Gasteiger partial charge < -0.3 is 16.0 Å². The molecule has 0 unspecified atom stereocenters. The molecule has 3 heterocycles. The summed E-state index contributed by atoms with van der Waals surface area (Å²) >= 11 is 0. The number of rotatable bonds is 7. The summed E-state index contributed by atoms with van der Waals surface area (Å²) in [7, 11) is 1.69. The lowest BCUT2D eigenvalue weighted by molar-refractivity contribution is -0.141. The van der Waals surface area contributed by atoms with Crippen LogP contribution >= 0.6 is 24.0 Å². The van der Waals surface area contributed by atoms with Crippen LogP contribution in [0, 0.1) is 0 Å². The second-order valence-electron chi connectivity index (χ2n) is 7.20. The molecule has 0 amide bonds. The number of hydrogen-bond donors (Lipinski definition) is 3. The molecule has 0 aromatic carbocycles. The minimum Gasteiger partial charge on any atom is -0.355 e. The van der Waals surface area contributed by atoms with Crippen molar-refractivity contribution in [1.82, 2.24) is 30.5 Å². The average molecular weight is 564 g/mol. The molecule has 0 aliphatic carbocycles. The fourth-order valence-electron chi connectivity index (χ4n) is 3.30. The Bertz CT molecular complexity index is 842. The van der Waals surface area contributed by atoms with Gasteiger partial charge in [-0.15, -0.1) is 24.0 Å². The molecule has 32 heavy (non-hydrogen) atoms. The number of aromatic nitrogens is 3. The summed E-state index contributed by atoms with van der Waals surface area (Å²) in [6.45, 7) is 3.60. The van der Waals surface area contributed by atoms with Crippen molar-refractivity contribution >= 4 is 35.9 Å². The summed E-state index contributed by atoms with van der Waals surface area (Å²) in [5.74, 6) is 0.606. The summed E-state index contributed by atoms with van der Waals surface area (Å²) < 4.78 is 38.1. The lowest BCUT2D eigenvalue weighted by Gasteiger charge is -2.32. The number of nitrogens with one attached hydrogen (secondary N) is 3. The summed E-state index contributed by atoms with van der Waals surface area (Å²) in [4.78, 5) is 18.3. The van der Waals surface area contributed by atoms with E-state index in [9.17, 15) is 13.2 Å². The van der Waals surface area contributed by atoms with Gasteiger partial charge in [-0.3, -0.25) is 14.9 Å². The molecule has 1 saturated heterocycles. The van der Waals surface area contributed by atoms with Crippen LogP contribution in [0.4, 0.5) is 19.1 Å². The smallest absolute Gasteiger partial charge is 0.355 e. The number of halogens is 4. The van der Waals surface area contributed by atoms with E-state index >= 15 is 0 Å². The third-order valence-corrected chi connectivity index (χ3v) is 4.91. The molecule has 3 rings (SSSR count). The number of nitrogens with zero attached hydrogens (tertiary/aromatic N) is 5. The van der Waals surface area contributed by atoms with E-state index in [1.807, 2.05) is 24.4 Å². The van der Waals surface area contributed by atoms with E-state index in [0.29, 0.717) is 25.1 Å². The van der Waals surface area contributed by atoms with Gasteiger partial charge in [0.05, 0.1) is 5.69 Å². The molecule has 1 aliphatic heterocycles. The normalized spacial score (nSPS) is 15.7. The van der Waals surface area contributed by atoms with Crippen LogP contribution in [0.1, 0.15) is 24.2 Å². The van der Waals surface area contributed by atoms with Gasteiger partial charge >= 0.3 is 6.18 Å². The van der Waals surface area contributed by atoms with Crippen LogP contribution < -0.4 is 16.0 Å². The van der Waals surface area contributed by atoms with Gasteiger partial charge in [-0.05, 0) is 31.0 Å². The Balaban J connectivity index is 0.00000363. The highest BCUT2D eigenvalue weighted by molar-refractivity contribution is 14.0. The van der Waals surface area contributed by atoms with Crippen molar-refractivity contribution in [3.8, 4) is 0 Å². The van der Waals surface area contributed by atoms with Crippen LogP contribution in [-0.4, -0.2) is 65.1 Å². The van der Waals surface area contributed by atoms with Crippen LogP contribution in [0.15, 0.2) is 41.7 Å². The number of hydrogen-bond acceptors (Lipinski definition) is 6. The van der Waals surface area contributed by atoms with E-state index in [-0.39, 0.29) is 29.9 Å². The molecule has 176 valence electrons. The van der Waals surface area contributed by atoms with E-state index in [1.165, 1.54) is 0 Å². The van der Waals surface area contributed by atoms with Gasteiger partial charge in [-0.1, -0.05) is 6.07 Å². The highest BCUT2D eigenvalue weighted by Gasteiger charge is 2.32. The molecule has 0 saturated carbocycles. The van der Waals surface area contributed by atoms with Crippen molar-refractivity contribution in [2.75, 3.05) is 38.5 Å². The number of likely N-dealkylation sites (tertiary alicyclic amines) is 1. The van der Waals surface area contributed by atoms with Crippen LogP contribution in [0.2, 0.25) is 0 Å². The number of aliphatic imine (C=N–C) groups is 1. The first-order chi connectivity index (χ1) is 14.9. The predicted molar refractivity (Wildman–Crippen MR) is 128 cm³/mol. The third-order valence-electron chi connectivity index (χ3n) is 4.91. The number of alkyl halides is 3. The quantitative estimate of drug-likeness (QED) is 0.206. The van der Waals surface area contributed by atoms with Crippen molar-refractivity contribution in [3.05, 3.63) is 48.0 Å². The first-order valence-electron chi connectivity index (χ1n) is 10.2. The average Bonchev–Trinajstić information content (AvgIpc) is 2.77. The highest BCUT2D eigenvalue weighted by Crippen LogP contribution is 2.27. The van der Waals surface area contributed by atoms with Crippen molar-refractivity contribution in [2.45, 2.75) is 31.6 Å². The molecule has 0 spiro atoms. The van der Waals surface area contributed by atoms with E-state index in [1.54, 1.807) is 7.05 Å². The number of piperidine rings is 1. The standard InChI is InChI=1S/C20H27F3N8.HI/c1-24-18(27-10-11-28-19-26-9-5-17(30-19)20(21,22)23)29-15-6-12-31(13-7-15)14-16-4-2-3-8-25-16;/h2-5,8-9,15H,6-7,10-14H2,1H3,(H2,24,27,29)(H,26,28,30);1H. The van der Waals surface area contributed by atoms with E-state index < -0.39 is 11.9 Å². The van der Waals surface area contributed by atoms with Gasteiger partial charge in [0.25, 0.3) is 0 Å². The fraction of sp³-hybridized carbons (Fsp3) is 0.500. The monoisotopic (exact) mass is 564 g/mol.